The van der Waals surface area contributed by atoms with Gasteiger partial charge in [-0.1, -0.05) is 33.8 Å². The van der Waals surface area contributed by atoms with E-state index in [1.54, 1.807) is 13.0 Å². The first kappa shape index (κ1) is 16.1. The molecule has 1 aromatic rings. The van der Waals surface area contributed by atoms with E-state index < -0.39 is 0 Å². The van der Waals surface area contributed by atoms with Crippen molar-refractivity contribution in [2.24, 2.45) is 0 Å². The molecule has 0 radical (unpaired) electrons. The highest BCUT2D eigenvalue weighted by Gasteiger charge is 2.02. The molecule has 1 N–H and O–H groups in total. The molecule has 0 aromatic heterocycles. The van der Waals surface area contributed by atoms with E-state index >= 15 is 0 Å². The number of hydrogen-bond acceptors (Lipinski definition) is 2. The van der Waals surface area contributed by atoms with E-state index in [9.17, 15) is 9.90 Å². The van der Waals surface area contributed by atoms with Gasteiger partial charge < -0.3 is 5.11 Å². The fraction of sp³-hybridized carbons (Fsp3) is 0.462. The maximum atomic E-state index is 10.4. The van der Waals surface area contributed by atoms with E-state index in [2.05, 4.69) is 0 Å². The Morgan fingerprint density at radius 1 is 1.07 bits per heavy atom. The number of phenolic OH excluding ortho intramolecular Hbond substituents is 1. The van der Waals surface area contributed by atoms with Crippen LogP contribution >= 0.6 is 0 Å². The molecule has 0 heterocycles. The molecular formula is C13H22O2. The van der Waals surface area contributed by atoms with Gasteiger partial charge in [0.05, 0.1) is 5.56 Å². The standard InChI is InChI=1S/C9H10O2.2C2H6/c1-6-3-7(2)9(11)8(4-6)5-10;2*1-2/h3-5,11H,1-2H3;2*1-2H3. The molecule has 0 aliphatic carbocycles. The lowest BCUT2D eigenvalue weighted by Gasteiger charge is -2.02. The summed E-state index contributed by atoms with van der Waals surface area (Å²) in [6.45, 7) is 11.7. The third kappa shape index (κ3) is 5.21. The minimum Gasteiger partial charge on any atom is -0.507 e. The SMILES string of the molecule is CC.CC.Cc1cc(C)c(O)c(C=O)c1. The first-order valence-electron chi connectivity index (χ1n) is 5.40. The Morgan fingerprint density at radius 3 is 1.93 bits per heavy atom. The van der Waals surface area contributed by atoms with Crippen LogP contribution in [0, 0.1) is 13.8 Å². The Morgan fingerprint density at radius 2 is 1.53 bits per heavy atom. The molecule has 2 nitrogen and oxygen atoms in total. The van der Waals surface area contributed by atoms with Gasteiger partial charge in [0, 0.05) is 0 Å². The van der Waals surface area contributed by atoms with Crippen LogP contribution in [0.25, 0.3) is 0 Å². The van der Waals surface area contributed by atoms with Crippen LogP contribution in [0.4, 0.5) is 0 Å². The van der Waals surface area contributed by atoms with Crippen molar-refractivity contribution in [2.45, 2.75) is 41.5 Å². The van der Waals surface area contributed by atoms with Crippen LogP contribution in [0.5, 0.6) is 5.75 Å². The molecule has 0 bridgehead atoms. The number of phenols is 1. The van der Waals surface area contributed by atoms with Crippen molar-refractivity contribution < 1.29 is 9.90 Å². The van der Waals surface area contributed by atoms with Gasteiger partial charge in [-0.3, -0.25) is 4.79 Å². The first-order chi connectivity index (χ1) is 7.15. The fourth-order valence-electron chi connectivity index (χ4n) is 1.08. The molecule has 1 rings (SSSR count). The zero-order valence-corrected chi connectivity index (χ0v) is 10.6. The van der Waals surface area contributed by atoms with Crippen LogP contribution in [0.1, 0.15) is 49.2 Å². The van der Waals surface area contributed by atoms with Crippen molar-refractivity contribution in [2.75, 3.05) is 0 Å². The molecule has 0 fully saturated rings. The lowest BCUT2D eigenvalue weighted by atomic mass is 10.1. The monoisotopic (exact) mass is 210 g/mol. The van der Waals surface area contributed by atoms with E-state index in [4.69, 9.17) is 0 Å². The zero-order chi connectivity index (χ0) is 12.4. The average molecular weight is 210 g/mol. The molecule has 0 unspecified atom stereocenters. The van der Waals surface area contributed by atoms with Gasteiger partial charge in [0.25, 0.3) is 0 Å². The number of aromatic hydroxyl groups is 1. The van der Waals surface area contributed by atoms with Gasteiger partial charge in [0.1, 0.15) is 5.75 Å². The Balaban J connectivity index is 0. The molecular weight excluding hydrogens is 188 g/mol. The molecule has 15 heavy (non-hydrogen) atoms. The number of carbonyl (C=O) groups excluding carboxylic acids is 1. The predicted molar refractivity (Wildman–Crippen MR) is 65.7 cm³/mol. The van der Waals surface area contributed by atoms with Crippen molar-refractivity contribution in [3.8, 4) is 5.75 Å². The van der Waals surface area contributed by atoms with Crippen molar-refractivity contribution in [3.63, 3.8) is 0 Å². The van der Waals surface area contributed by atoms with Gasteiger partial charge in [0.2, 0.25) is 0 Å². The molecule has 2 heteroatoms. The van der Waals surface area contributed by atoms with Crippen molar-refractivity contribution >= 4 is 6.29 Å². The molecule has 0 atom stereocenters. The minimum atomic E-state index is 0.0885. The molecule has 0 spiro atoms. The molecule has 1 aromatic carbocycles. The summed E-state index contributed by atoms with van der Waals surface area (Å²) in [4.78, 5) is 10.4. The number of aryl methyl sites for hydroxylation is 2. The maximum Gasteiger partial charge on any atom is 0.153 e. The van der Waals surface area contributed by atoms with Crippen LogP contribution in [0.2, 0.25) is 0 Å². The van der Waals surface area contributed by atoms with Gasteiger partial charge in [-0.15, -0.1) is 0 Å². The van der Waals surface area contributed by atoms with Gasteiger partial charge in [-0.25, -0.2) is 0 Å². The number of carbonyl (C=O) groups is 1. The first-order valence-corrected chi connectivity index (χ1v) is 5.40. The molecule has 0 aliphatic heterocycles. The smallest absolute Gasteiger partial charge is 0.153 e. The Hall–Kier alpha value is -1.31. The van der Waals surface area contributed by atoms with Crippen LogP contribution in [-0.2, 0) is 0 Å². The minimum absolute atomic E-state index is 0.0885. The summed E-state index contributed by atoms with van der Waals surface area (Å²) in [5.41, 5.74) is 2.09. The van der Waals surface area contributed by atoms with Crippen molar-refractivity contribution in [3.05, 3.63) is 28.8 Å². The summed E-state index contributed by atoms with van der Waals surface area (Å²) < 4.78 is 0. The molecule has 0 aliphatic rings. The van der Waals surface area contributed by atoms with Gasteiger partial charge >= 0.3 is 0 Å². The van der Waals surface area contributed by atoms with Gasteiger partial charge in [-0.2, -0.15) is 0 Å². The third-order valence-corrected chi connectivity index (χ3v) is 1.60. The van der Waals surface area contributed by atoms with Crippen LogP contribution in [0.15, 0.2) is 12.1 Å². The Kier molecular flexibility index (Phi) is 9.95. The number of benzene rings is 1. The van der Waals surface area contributed by atoms with Crippen molar-refractivity contribution in [1.29, 1.82) is 0 Å². The molecule has 0 saturated heterocycles. The summed E-state index contributed by atoms with van der Waals surface area (Å²) in [5.74, 6) is 0.0885. The summed E-state index contributed by atoms with van der Waals surface area (Å²) >= 11 is 0. The highest BCUT2D eigenvalue weighted by Crippen LogP contribution is 2.21. The summed E-state index contributed by atoms with van der Waals surface area (Å²) in [6, 6.07) is 3.50. The van der Waals surface area contributed by atoms with Crippen LogP contribution in [0.3, 0.4) is 0 Å². The number of aldehydes is 1. The second-order valence-electron chi connectivity index (χ2n) is 2.64. The van der Waals surface area contributed by atoms with Gasteiger partial charge in [-0.05, 0) is 31.0 Å². The van der Waals surface area contributed by atoms with Crippen LogP contribution < -0.4 is 0 Å². The highest BCUT2D eigenvalue weighted by molar-refractivity contribution is 5.80. The molecule has 0 saturated carbocycles. The fourth-order valence-corrected chi connectivity index (χ4v) is 1.08. The quantitative estimate of drug-likeness (QED) is 0.714. The Labute approximate surface area is 93.0 Å². The molecule has 86 valence electrons. The van der Waals surface area contributed by atoms with E-state index in [-0.39, 0.29) is 5.75 Å². The highest BCUT2D eigenvalue weighted by atomic mass is 16.3. The largest absolute Gasteiger partial charge is 0.507 e. The zero-order valence-electron chi connectivity index (χ0n) is 10.6. The lowest BCUT2D eigenvalue weighted by molar-refractivity contribution is 0.112. The summed E-state index contributed by atoms with van der Waals surface area (Å²) in [6.07, 6.45) is 0.662. The topological polar surface area (TPSA) is 37.3 Å². The normalized spacial score (nSPS) is 7.87. The number of hydrogen-bond donors (Lipinski definition) is 1. The average Bonchev–Trinajstić information content (AvgIpc) is 2.29. The third-order valence-electron chi connectivity index (χ3n) is 1.60. The molecule has 0 amide bonds. The van der Waals surface area contributed by atoms with Crippen molar-refractivity contribution in [1.82, 2.24) is 0 Å². The van der Waals surface area contributed by atoms with E-state index in [1.807, 2.05) is 40.7 Å². The summed E-state index contributed by atoms with van der Waals surface area (Å²) in [5, 5.41) is 9.29. The number of rotatable bonds is 1. The van der Waals surface area contributed by atoms with E-state index in [0.717, 1.165) is 11.1 Å². The second-order valence-corrected chi connectivity index (χ2v) is 2.64. The Bertz CT molecular complexity index is 291. The van der Waals surface area contributed by atoms with Crippen LogP contribution in [-0.4, -0.2) is 11.4 Å². The van der Waals surface area contributed by atoms with E-state index in [0.29, 0.717) is 11.8 Å². The predicted octanol–water partition coefficient (Wildman–Crippen LogP) is 3.87. The van der Waals surface area contributed by atoms with E-state index in [1.165, 1.54) is 0 Å². The van der Waals surface area contributed by atoms with Gasteiger partial charge in [0.15, 0.2) is 6.29 Å². The maximum absolute atomic E-state index is 10.4. The summed E-state index contributed by atoms with van der Waals surface area (Å²) in [7, 11) is 0. The second kappa shape index (κ2) is 9.25. The lowest BCUT2D eigenvalue weighted by Crippen LogP contribution is -1.86.